The smallest absolute Gasteiger partial charge is 0.337 e. The Balaban J connectivity index is 2.02. The number of carbonyl (C=O) groups is 6. The van der Waals surface area contributed by atoms with Gasteiger partial charge in [0.25, 0.3) is 0 Å². The number of fused-ring (bicyclic) bond motifs is 1. The number of hydrogen-bond donors (Lipinski definition) is 0. The van der Waals surface area contributed by atoms with Crippen molar-refractivity contribution >= 4 is 35.8 Å². The van der Waals surface area contributed by atoms with Gasteiger partial charge >= 0.3 is 35.8 Å². The van der Waals surface area contributed by atoms with Gasteiger partial charge < -0.3 is 42.6 Å². The lowest BCUT2D eigenvalue weighted by atomic mass is 9.82. The highest BCUT2D eigenvalue weighted by molar-refractivity contribution is 5.89. The SMILES string of the molecule is COC(=O)C1=COC(O[C@@H]2O[C@H](OC(C)=O)[C@@H](OC(C)=O)[C@H](OC(C)=O)[C@H]2OC(C)=O)C2C(C)CC(OC(C)=O)C12. The Morgan fingerprint density at radius 1 is 0.707 bits per heavy atom. The van der Waals surface area contributed by atoms with Crippen LogP contribution in [0.25, 0.3) is 0 Å². The molecule has 2 aliphatic heterocycles. The zero-order valence-corrected chi connectivity index (χ0v) is 23.7. The zero-order chi connectivity index (χ0) is 30.6. The Kier molecular flexibility index (Phi) is 10.3. The molecule has 1 saturated heterocycles. The lowest BCUT2D eigenvalue weighted by molar-refractivity contribution is -0.372. The maximum absolute atomic E-state index is 12.6. The summed E-state index contributed by atoms with van der Waals surface area (Å²) in [5, 5.41) is 0. The van der Waals surface area contributed by atoms with E-state index in [9.17, 15) is 28.8 Å². The minimum atomic E-state index is -1.65. The van der Waals surface area contributed by atoms with Gasteiger partial charge in [0.1, 0.15) is 6.10 Å². The molecule has 1 saturated carbocycles. The van der Waals surface area contributed by atoms with E-state index >= 15 is 0 Å². The maximum atomic E-state index is 12.6. The highest BCUT2D eigenvalue weighted by Gasteiger charge is 2.58. The molecular weight excluding hydrogens is 552 g/mol. The molecule has 41 heavy (non-hydrogen) atoms. The molecule has 15 nitrogen and oxygen atoms in total. The van der Waals surface area contributed by atoms with Crippen molar-refractivity contribution in [1.82, 2.24) is 0 Å². The average molecular weight is 587 g/mol. The predicted molar refractivity (Wildman–Crippen MR) is 129 cm³/mol. The summed E-state index contributed by atoms with van der Waals surface area (Å²) in [6.07, 6.45) is -8.24. The van der Waals surface area contributed by atoms with Crippen molar-refractivity contribution in [2.45, 2.75) is 91.2 Å². The molecule has 228 valence electrons. The van der Waals surface area contributed by atoms with Gasteiger partial charge in [-0.15, -0.1) is 0 Å². The van der Waals surface area contributed by atoms with Gasteiger partial charge in [-0.25, -0.2) is 4.79 Å². The number of rotatable bonds is 8. The van der Waals surface area contributed by atoms with Gasteiger partial charge in [-0.1, -0.05) is 6.92 Å². The number of ether oxygens (including phenoxy) is 9. The molecule has 0 bridgehead atoms. The second-order valence-electron chi connectivity index (χ2n) is 9.87. The second-order valence-corrected chi connectivity index (χ2v) is 9.87. The molecule has 15 heteroatoms. The maximum Gasteiger partial charge on any atom is 0.337 e. The van der Waals surface area contributed by atoms with Crippen molar-refractivity contribution in [3.8, 4) is 0 Å². The average Bonchev–Trinajstić information content (AvgIpc) is 3.17. The van der Waals surface area contributed by atoms with E-state index in [1.54, 1.807) is 0 Å². The standard InChI is InChI=1S/C26H34O15/c1-10-8-17(35-11(2)27)19-16(23(32)33-7)9-34-24(18(10)19)40-26-22(38-14(5)30)20(36-12(3)28)21(37-13(4)29)25(41-26)39-15(6)31/h9-10,17-22,24-26H,8H2,1-7H3/t10?,17?,18?,19?,20-,21-,22+,24?,25-,26+/m0/s1. The molecule has 0 aromatic rings. The van der Waals surface area contributed by atoms with E-state index in [2.05, 4.69) is 0 Å². The molecule has 0 amide bonds. The summed E-state index contributed by atoms with van der Waals surface area (Å²) in [5.41, 5.74) is 0.125. The minimum absolute atomic E-state index is 0.125. The van der Waals surface area contributed by atoms with Crippen LogP contribution < -0.4 is 0 Å². The molecule has 3 aliphatic rings. The van der Waals surface area contributed by atoms with Crippen LogP contribution in [0.4, 0.5) is 0 Å². The van der Waals surface area contributed by atoms with Gasteiger partial charge in [0.15, 0.2) is 12.2 Å². The monoisotopic (exact) mass is 586 g/mol. The van der Waals surface area contributed by atoms with Crippen molar-refractivity contribution in [2.75, 3.05) is 7.11 Å². The number of carbonyl (C=O) groups excluding carboxylic acids is 6. The van der Waals surface area contributed by atoms with Crippen LogP contribution >= 0.6 is 0 Å². The fraction of sp³-hybridized carbons (Fsp3) is 0.692. The van der Waals surface area contributed by atoms with Crippen LogP contribution in [0.5, 0.6) is 0 Å². The Labute approximate surface area is 235 Å². The first-order chi connectivity index (χ1) is 19.2. The Morgan fingerprint density at radius 2 is 1.22 bits per heavy atom. The Hall–Kier alpha value is -3.72. The molecule has 5 unspecified atom stereocenters. The fourth-order valence-electron chi connectivity index (χ4n) is 5.42. The number of hydrogen-bond acceptors (Lipinski definition) is 15. The topological polar surface area (TPSA) is 185 Å². The summed E-state index contributed by atoms with van der Waals surface area (Å²) < 4.78 is 49.3. The van der Waals surface area contributed by atoms with Gasteiger partial charge in [0, 0.05) is 46.5 Å². The molecule has 2 heterocycles. The summed E-state index contributed by atoms with van der Waals surface area (Å²) >= 11 is 0. The van der Waals surface area contributed by atoms with Crippen molar-refractivity contribution in [3.05, 3.63) is 11.8 Å². The fourth-order valence-corrected chi connectivity index (χ4v) is 5.42. The predicted octanol–water partition coefficient (Wildman–Crippen LogP) is 0.661. The van der Waals surface area contributed by atoms with Crippen LogP contribution in [-0.2, 0) is 71.4 Å². The number of esters is 6. The highest BCUT2D eigenvalue weighted by Crippen LogP contribution is 2.49. The Bertz CT molecular complexity index is 1080. The molecule has 1 aliphatic carbocycles. The van der Waals surface area contributed by atoms with Crippen molar-refractivity contribution in [3.63, 3.8) is 0 Å². The van der Waals surface area contributed by atoms with Crippen LogP contribution in [0.3, 0.4) is 0 Å². The third kappa shape index (κ3) is 7.52. The number of methoxy groups -OCH3 is 1. The zero-order valence-electron chi connectivity index (χ0n) is 23.7. The third-order valence-electron chi connectivity index (χ3n) is 6.73. The van der Waals surface area contributed by atoms with Crippen LogP contribution in [0, 0.1) is 17.8 Å². The van der Waals surface area contributed by atoms with E-state index in [1.165, 1.54) is 14.0 Å². The largest absolute Gasteiger partial charge is 0.472 e. The first-order valence-corrected chi connectivity index (χ1v) is 12.8. The second kappa shape index (κ2) is 13.3. The lowest BCUT2D eigenvalue weighted by Gasteiger charge is -2.45. The first-order valence-electron chi connectivity index (χ1n) is 12.8. The van der Waals surface area contributed by atoms with Gasteiger partial charge in [0.2, 0.25) is 25.0 Å². The molecule has 0 aromatic carbocycles. The van der Waals surface area contributed by atoms with E-state index in [4.69, 9.17) is 42.6 Å². The van der Waals surface area contributed by atoms with Crippen LogP contribution in [0.15, 0.2) is 11.8 Å². The van der Waals surface area contributed by atoms with Crippen LogP contribution in [0.1, 0.15) is 48.0 Å². The van der Waals surface area contributed by atoms with Crippen LogP contribution in [0.2, 0.25) is 0 Å². The normalized spacial score (nSPS) is 34.1. The van der Waals surface area contributed by atoms with Crippen molar-refractivity contribution < 1.29 is 71.4 Å². The molecule has 0 spiro atoms. The van der Waals surface area contributed by atoms with E-state index in [0.717, 1.165) is 34.0 Å². The van der Waals surface area contributed by atoms with Crippen molar-refractivity contribution in [2.24, 2.45) is 17.8 Å². The quantitative estimate of drug-likeness (QED) is 0.285. The van der Waals surface area contributed by atoms with Crippen molar-refractivity contribution in [1.29, 1.82) is 0 Å². The summed E-state index contributed by atoms with van der Waals surface area (Å²) in [6.45, 7) is 7.39. The molecule has 0 radical (unpaired) electrons. The molecule has 0 aromatic heterocycles. The van der Waals surface area contributed by atoms with Crippen LogP contribution in [-0.4, -0.2) is 86.2 Å². The van der Waals surface area contributed by atoms with Gasteiger partial charge in [-0.3, -0.25) is 24.0 Å². The molecular formula is C26H34O15. The van der Waals surface area contributed by atoms with Gasteiger partial charge in [-0.05, 0) is 12.3 Å². The van der Waals surface area contributed by atoms with Gasteiger partial charge in [0.05, 0.1) is 18.9 Å². The summed E-state index contributed by atoms with van der Waals surface area (Å²) in [6, 6.07) is 0. The highest BCUT2D eigenvalue weighted by atomic mass is 16.8. The summed E-state index contributed by atoms with van der Waals surface area (Å²) in [4.78, 5) is 72.3. The first kappa shape index (κ1) is 31.8. The molecule has 0 N–H and O–H groups in total. The summed E-state index contributed by atoms with van der Waals surface area (Å²) in [7, 11) is 1.20. The van der Waals surface area contributed by atoms with Gasteiger partial charge in [-0.2, -0.15) is 0 Å². The van der Waals surface area contributed by atoms with E-state index in [0.29, 0.717) is 6.42 Å². The molecule has 2 fully saturated rings. The minimum Gasteiger partial charge on any atom is -0.472 e. The van der Waals surface area contributed by atoms with E-state index < -0.39 is 90.9 Å². The molecule has 10 atom stereocenters. The Morgan fingerprint density at radius 3 is 1.73 bits per heavy atom. The molecule has 3 rings (SSSR count). The van der Waals surface area contributed by atoms with E-state index in [1.807, 2.05) is 6.92 Å². The third-order valence-corrected chi connectivity index (χ3v) is 6.73. The lowest BCUT2D eigenvalue weighted by Crippen LogP contribution is -2.63. The summed E-state index contributed by atoms with van der Waals surface area (Å²) in [5.74, 6) is -6.09. The van der Waals surface area contributed by atoms with E-state index in [-0.39, 0.29) is 11.5 Å².